The Kier molecular flexibility index (Phi) is 2.02. The van der Waals surface area contributed by atoms with Gasteiger partial charge >= 0.3 is 0 Å². The number of rotatable bonds is 2. The van der Waals surface area contributed by atoms with E-state index in [0.29, 0.717) is 5.88 Å². The molecular weight excluding hydrogens is 222 g/mol. The molecule has 12 heavy (non-hydrogen) atoms. The summed E-state index contributed by atoms with van der Waals surface area (Å²) in [6.45, 7) is 0.772. The van der Waals surface area contributed by atoms with Crippen molar-refractivity contribution < 1.29 is 9.47 Å². The van der Waals surface area contributed by atoms with E-state index in [0.717, 1.165) is 16.6 Å². The summed E-state index contributed by atoms with van der Waals surface area (Å²) in [4.78, 5) is 4.11. The van der Waals surface area contributed by atoms with Crippen LogP contribution in [0.1, 0.15) is 11.7 Å². The van der Waals surface area contributed by atoms with Gasteiger partial charge in [-0.15, -0.1) is 0 Å². The third-order valence-corrected chi connectivity index (χ3v) is 2.15. The summed E-state index contributed by atoms with van der Waals surface area (Å²) in [5, 5.41) is 0. The third-order valence-electron chi connectivity index (χ3n) is 1.72. The Balaban J connectivity index is 2.39. The summed E-state index contributed by atoms with van der Waals surface area (Å²) in [6, 6.07) is 1.98. The van der Waals surface area contributed by atoms with Crippen molar-refractivity contribution in [2.75, 3.05) is 13.7 Å². The molecule has 1 aromatic rings. The van der Waals surface area contributed by atoms with Gasteiger partial charge in [0.2, 0.25) is 5.88 Å². The Morgan fingerprint density at radius 3 is 3.08 bits per heavy atom. The summed E-state index contributed by atoms with van der Waals surface area (Å²) in [5.74, 6) is 0.653. The molecule has 1 fully saturated rings. The zero-order valence-corrected chi connectivity index (χ0v) is 8.17. The van der Waals surface area contributed by atoms with Gasteiger partial charge in [0.1, 0.15) is 6.10 Å². The van der Waals surface area contributed by atoms with Crippen LogP contribution in [0.2, 0.25) is 0 Å². The number of nitrogens with zero attached hydrogens (tertiary/aromatic N) is 1. The Morgan fingerprint density at radius 1 is 1.75 bits per heavy atom. The molecule has 0 unspecified atom stereocenters. The lowest BCUT2D eigenvalue weighted by Crippen LogP contribution is -1.93. The van der Waals surface area contributed by atoms with E-state index in [9.17, 15) is 0 Å². The quantitative estimate of drug-likeness (QED) is 0.728. The van der Waals surface area contributed by atoms with Gasteiger partial charge in [0.05, 0.1) is 13.7 Å². The van der Waals surface area contributed by atoms with E-state index in [1.165, 1.54) is 0 Å². The molecule has 0 amide bonds. The molecule has 2 heterocycles. The molecule has 4 heteroatoms. The molecule has 0 aliphatic carbocycles. The smallest absolute Gasteiger partial charge is 0.219 e. The van der Waals surface area contributed by atoms with Crippen LogP contribution in [0.5, 0.6) is 5.88 Å². The second-order valence-corrected chi connectivity index (χ2v) is 3.49. The maximum absolute atomic E-state index is 5.15. The van der Waals surface area contributed by atoms with Crippen molar-refractivity contribution >= 4 is 15.9 Å². The summed E-state index contributed by atoms with van der Waals surface area (Å²) in [5.41, 5.74) is 1.02. The molecule has 64 valence electrons. The van der Waals surface area contributed by atoms with Crippen LogP contribution in [-0.2, 0) is 4.74 Å². The summed E-state index contributed by atoms with van der Waals surface area (Å²) < 4.78 is 11.2. The van der Waals surface area contributed by atoms with Gasteiger partial charge in [0.15, 0.2) is 0 Å². The second kappa shape index (κ2) is 3.03. The standard InChI is InChI=1S/C8H8BrNO2/c1-11-8-6(7-4-12-7)2-5(9)3-10-8/h2-3,7H,4H2,1H3/t7-/m0/s1. The average Bonchev–Trinajstić information content (AvgIpc) is 2.87. The predicted molar refractivity (Wildman–Crippen MR) is 47.2 cm³/mol. The number of pyridine rings is 1. The highest BCUT2D eigenvalue weighted by atomic mass is 79.9. The van der Waals surface area contributed by atoms with Crippen LogP contribution in [0.15, 0.2) is 16.7 Å². The predicted octanol–water partition coefficient (Wildman–Crippen LogP) is 1.92. The molecule has 0 radical (unpaired) electrons. The lowest BCUT2D eigenvalue weighted by atomic mass is 10.2. The fraction of sp³-hybridized carbons (Fsp3) is 0.375. The van der Waals surface area contributed by atoms with Crippen LogP contribution in [-0.4, -0.2) is 18.7 Å². The molecule has 2 rings (SSSR count). The zero-order chi connectivity index (χ0) is 8.55. The van der Waals surface area contributed by atoms with Crippen LogP contribution in [0.3, 0.4) is 0 Å². The first-order valence-electron chi connectivity index (χ1n) is 3.62. The molecule has 1 aromatic heterocycles. The van der Waals surface area contributed by atoms with E-state index in [4.69, 9.17) is 9.47 Å². The van der Waals surface area contributed by atoms with E-state index >= 15 is 0 Å². The van der Waals surface area contributed by atoms with Gasteiger partial charge in [-0.25, -0.2) is 4.98 Å². The van der Waals surface area contributed by atoms with Gasteiger partial charge in [0.25, 0.3) is 0 Å². The van der Waals surface area contributed by atoms with Crippen molar-refractivity contribution in [2.24, 2.45) is 0 Å². The fourth-order valence-electron chi connectivity index (χ4n) is 1.07. The van der Waals surface area contributed by atoms with Crippen molar-refractivity contribution in [3.05, 3.63) is 22.3 Å². The molecule has 1 aliphatic rings. The van der Waals surface area contributed by atoms with Crippen LogP contribution in [0.25, 0.3) is 0 Å². The van der Waals surface area contributed by atoms with Gasteiger partial charge in [-0.2, -0.15) is 0 Å². The second-order valence-electron chi connectivity index (χ2n) is 2.57. The molecule has 0 saturated carbocycles. The van der Waals surface area contributed by atoms with Crippen LogP contribution in [0.4, 0.5) is 0 Å². The summed E-state index contributed by atoms with van der Waals surface area (Å²) >= 11 is 3.35. The highest BCUT2D eigenvalue weighted by Gasteiger charge is 2.28. The minimum absolute atomic E-state index is 0.185. The largest absolute Gasteiger partial charge is 0.481 e. The maximum atomic E-state index is 5.15. The van der Waals surface area contributed by atoms with E-state index in [-0.39, 0.29) is 6.10 Å². The minimum atomic E-state index is 0.185. The highest BCUT2D eigenvalue weighted by molar-refractivity contribution is 9.10. The van der Waals surface area contributed by atoms with Crippen molar-refractivity contribution in [1.29, 1.82) is 0 Å². The SMILES string of the molecule is COc1ncc(Br)cc1[C@@H]1CO1. The van der Waals surface area contributed by atoms with Gasteiger partial charge in [0, 0.05) is 16.2 Å². The van der Waals surface area contributed by atoms with Crippen LogP contribution in [0, 0.1) is 0 Å². The lowest BCUT2D eigenvalue weighted by molar-refractivity contribution is 0.371. The Hall–Kier alpha value is -0.610. The summed E-state index contributed by atoms with van der Waals surface area (Å²) in [6.07, 6.45) is 1.90. The van der Waals surface area contributed by atoms with Crippen molar-refractivity contribution in [2.45, 2.75) is 6.10 Å². The van der Waals surface area contributed by atoms with Gasteiger partial charge in [-0.1, -0.05) is 0 Å². The monoisotopic (exact) mass is 229 g/mol. The van der Waals surface area contributed by atoms with Crippen LogP contribution < -0.4 is 4.74 Å². The lowest BCUT2D eigenvalue weighted by Gasteiger charge is -2.03. The number of methoxy groups -OCH3 is 1. The maximum Gasteiger partial charge on any atom is 0.219 e. The van der Waals surface area contributed by atoms with Gasteiger partial charge in [-0.3, -0.25) is 0 Å². The number of epoxide rings is 1. The Labute approximate surface area is 78.8 Å². The van der Waals surface area contributed by atoms with E-state index in [1.54, 1.807) is 13.3 Å². The normalized spacial score (nSPS) is 20.7. The molecule has 1 saturated heterocycles. The molecule has 0 bridgehead atoms. The van der Waals surface area contributed by atoms with Crippen molar-refractivity contribution in [1.82, 2.24) is 4.98 Å². The minimum Gasteiger partial charge on any atom is -0.481 e. The first kappa shape index (κ1) is 8.01. The number of hydrogen-bond donors (Lipinski definition) is 0. The third kappa shape index (κ3) is 1.44. The Bertz CT molecular complexity index is 299. The van der Waals surface area contributed by atoms with E-state index in [1.807, 2.05) is 6.07 Å². The topological polar surface area (TPSA) is 34.6 Å². The molecule has 1 atom stereocenters. The van der Waals surface area contributed by atoms with E-state index < -0.39 is 0 Å². The highest BCUT2D eigenvalue weighted by Crippen LogP contribution is 2.36. The Morgan fingerprint density at radius 2 is 2.50 bits per heavy atom. The average molecular weight is 230 g/mol. The first-order valence-corrected chi connectivity index (χ1v) is 4.41. The number of aromatic nitrogens is 1. The summed E-state index contributed by atoms with van der Waals surface area (Å²) in [7, 11) is 1.61. The van der Waals surface area contributed by atoms with Crippen molar-refractivity contribution in [3.63, 3.8) is 0 Å². The zero-order valence-electron chi connectivity index (χ0n) is 6.58. The van der Waals surface area contributed by atoms with Crippen molar-refractivity contribution in [3.8, 4) is 5.88 Å². The molecule has 1 aliphatic heterocycles. The van der Waals surface area contributed by atoms with Gasteiger partial charge < -0.3 is 9.47 Å². The van der Waals surface area contributed by atoms with Crippen LogP contribution >= 0.6 is 15.9 Å². The molecule has 0 aromatic carbocycles. The molecule has 0 spiro atoms. The first-order chi connectivity index (χ1) is 5.81. The molecule has 3 nitrogen and oxygen atoms in total. The fourth-order valence-corrected chi connectivity index (χ4v) is 1.42. The molecular formula is C8H8BrNO2. The van der Waals surface area contributed by atoms with E-state index in [2.05, 4.69) is 20.9 Å². The van der Waals surface area contributed by atoms with Gasteiger partial charge in [-0.05, 0) is 22.0 Å². The number of ether oxygens (including phenoxy) is 2. The molecule has 0 N–H and O–H groups in total. The number of hydrogen-bond acceptors (Lipinski definition) is 3. The number of halogens is 1.